The molecule has 0 N–H and O–H groups in total. The zero-order chi connectivity index (χ0) is 17.0. The van der Waals surface area contributed by atoms with Crippen molar-refractivity contribution in [3.8, 4) is 0 Å². The third kappa shape index (κ3) is 3.64. The molecular weight excluding hydrogens is 290 g/mol. The van der Waals surface area contributed by atoms with Gasteiger partial charge < -0.3 is 9.80 Å². The Hall–Kier alpha value is -2.50. The molecule has 1 atom stereocenters. The van der Waals surface area contributed by atoms with E-state index >= 15 is 0 Å². The molecule has 0 spiro atoms. The summed E-state index contributed by atoms with van der Waals surface area (Å²) in [6.45, 7) is 3.87. The maximum Gasteiger partial charge on any atom is 0.257 e. The summed E-state index contributed by atoms with van der Waals surface area (Å²) in [7, 11) is 5.54. The predicted molar refractivity (Wildman–Crippen MR) is 90.5 cm³/mol. The third-order valence-electron chi connectivity index (χ3n) is 3.80. The summed E-state index contributed by atoms with van der Waals surface area (Å²) < 4.78 is 0. The standard InChI is InChI=1S/C17H23N5O/c1-6-15(14-9-7-8-10-18-14)22(5)16(23)13-11-19-17(21(3)4)20-12(13)2/h7-11,15H,6H2,1-5H3. The highest BCUT2D eigenvalue weighted by molar-refractivity contribution is 5.95. The molecule has 2 aromatic rings. The van der Waals surface area contributed by atoms with Crippen LogP contribution in [0.2, 0.25) is 0 Å². The van der Waals surface area contributed by atoms with Gasteiger partial charge in [-0.05, 0) is 25.5 Å². The number of hydrogen-bond acceptors (Lipinski definition) is 5. The Morgan fingerprint density at radius 2 is 1.96 bits per heavy atom. The average molecular weight is 313 g/mol. The zero-order valence-corrected chi connectivity index (χ0v) is 14.3. The second kappa shape index (κ2) is 7.17. The van der Waals surface area contributed by atoms with Gasteiger partial charge in [0.25, 0.3) is 5.91 Å². The van der Waals surface area contributed by atoms with Gasteiger partial charge in [-0.2, -0.15) is 0 Å². The number of aromatic nitrogens is 3. The lowest BCUT2D eigenvalue weighted by Gasteiger charge is -2.27. The van der Waals surface area contributed by atoms with Gasteiger partial charge in [0.2, 0.25) is 5.95 Å². The molecule has 2 rings (SSSR count). The molecule has 0 bridgehead atoms. The van der Waals surface area contributed by atoms with Crippen LogP contribution in [0.3, 0.4) is 0 Å². The number of carbonyl (C=O) groups excluding carboxylic acids is 1. The minimum Gasteiger partial charge on any atom is -0.347 e. The lowest BCUT2D eigenvalue weighted by atomic mass is 10.1. The van der Waals surface area contributed by atoms with Crippen LogP contribution < -0.4 is 4.90 Å². The van der Waals surface area contributed by atoms with Gasteiger partial charge in [0.05, 0.1) is 23.0 Å². The number of anilines is 1. The van der Waals surface area contributed by atoms with E-state index in [0.29, 0.717) is 17.2 Å². The average Bonchev–Trinajstić information content (AvgIpc) is 2.55. The van der Waals surface area contributed by atoms with E-state index < -0.39 is 0 Å². The van der Waals surface area contributed by atoms with Crippen LogP contribution in [0, 0.1) is 6.92 Å². The van der Waals surface area contributed by atoms with Gasteiger partial charge in [0, 0.05) is 33.5 Å². The summed E-state index contributed by atoms with van der Waals surface area (Å²) in [5, 5.41) is 0. The van der Waals surface area contributed by atoms with Gasteiger partial charge in [-0.15, -0.1) is 0 Å². The van der Waals surface area contributed by atoms with E-state index in [9.17, 15) is 4.79 Å². The lowest BCUT2D eigenvalue weighted by molar-refractivity contribution is 0.0721. The SMILES string of the molecule is CCC(c1ccccn1)N(C)C(=O)c1cnc(N(C)C)nc1C. The normalized spacial score (nSPS) is 11.9. The van der Waals surface area contributed by atoms with E-state index in [1.165, 1.54) is 0 Å². The van der Waals surface area contributed by atoms with Crippen LogP contribution in [0.15, 0.2) is 30.6 Å². The molecule has 0 aliphatic carbocycles. The van der Waals surface area contributed by atoms with E-state index in [-0.39, 0.29) is 11.9 Å². The lowest BCUT2D eigenvalue weighted by Crippen LogP contribution is -2.32. The molecule has 23 heavy (non-hydrogen) atoms. The fraction of sp³-hybridized carbons (Fsp3) is 0.412. The van der Waals surface area contributed by atoms with Gasteiger partial charge in [-0.3, -0.25) is 9.78 Å². The Balaban J connectivity index is 2.28. The third-order valence-corrected chi connectivity index (χ3v) is 3.80. The summed E-state index contributed by atoms with van der Waals surface area (Å²) in [5.74, 6) is 0.503. The van der Waals surface area contributed by atoms with Crippen molar-refractivity contribution in [2.24, 2.45) is 0 Å². The molecule has 2 aromatic heterocycles. The molecule has 0 fully saturated rings. The van der Waals surface area contributed by atoms with Gasteiger partial charge in [-0.25, -0.2) is 9.97 Å². The van der Waals surface area contributed by atoms with Crippen LogP contribution in [0.4, 0.5) is 5.95 Å². The second-order valence-corrected chi connectivity index (χ2v) is 5.66. The van der Waals surface area contributed by atoms with Gasteiger partial charge >= 0.3 is 0 Å². The predicted octanol–water partition coefficient (Wildman–Crippen LogP) is 2.47. The van der Waals surface area contributed by atoms with Crippen molar-refractivity contribution in [2.75, 3.05) is 26.0 Å². The highest BCUT2D eigenvalue weighted by Crippen LogP contribution is 2.23. The van der Waals surface area contributed by atoms with Crippen LogP contribution in [-0.4, -0.2) is 46.9 Å². The number of pyridine rings is 1. The molecule has 2 heterocycles. The molecule has 1 amide bonds. The Labute approximate surface area is 137 Å². The van der Waals surface area contributed by atoms with Crippen molar-refractivity contribution in [2.45, 2.75) is 26.3 Å². The molecule has 0 saturated heterocycles. The Morgan fingerprint density at radius 3 is 2.48 bits per heavy atom. The fourth-order valence-corrected chi connectivity index (χ4v) is 2.47. The van der Waals surface area contributed by atoms with Crippen LogP contribution >= 0.6 is 0 Å². The minimum atomic E-state index is -0.0923. The van der Waals surface area contributed by atoms with Crippen molar-refractivity contribution in [1.29, 1.82) is 0 Å². The highest BCUT2D eigenvalue weighted by Gasteiger charge is 2.24. The molecule has 6 nitrogen and oxygen atoms in total. The summed E-state index contributed by atoms with van der Waals surface area (Å²) in [6, 6.07) is 5.67. The quantitative estimate of drug-likeness (QED) is 0.848. The first-order valence-electron chi connectivity index (χ1n) is 7.64. The van der Waals surface area contributed by atoms with E-state index in [2.05, 4.69) is 15.0 Å². The van der Waals surface area contributed by atoms with Crippen molar-refractivity contribution >= 4 is 11.9 Å². The number of hydrogen-bond donors (Lipinski definition) is 0. The molecule has 0 saturated carbocycles. The molecule has 122 valence electrons. The summed E-state index contributed by atoms with van der Waals surface area (Å²) in [5.41, 5.74) is 2.08. The van der Waals surface area contributed by atoms with Crippen LogP contribution in [-0.2, 0) is 0 Å². The van der Waals surface area contributed by atoms with E-state index in [4.69, 9.17) is 0 Å². The Morgan fingerprint density at radius 1 is 1.22 bits per heavy atom. The largest absolute Gasteiger partial charge is 0.347 e. The molecule has 0 radical (unpaired) electrons. The molecule has 0 aliphatic heterocycles. The summed E-state index contributed by atoms with van der Waals surface area (Å²) in [6.07, 6.45) is 4.13. The zero-order valence-electron chi connectivity index (χ0n) is 14.3. The van der Waals surface area contributed by atoms with E-state index in [1.54, 1.807) is 24.3 Å². The van der Waals surface area contributed by atoms with E-state index in [1.807, 2.05) is 51.0 Å². The number of carbonyl (C=O) groups is 1. The first-order chi connectivity index (χ1) is 11.0. The van der Waals surface area contributed by atoms with Gasteiger partial charge in [-0.1, -0.05) is 13.0 Å². The molecular formula is C17H23N5O. The maximum atomic E-state index is 12.8. The van der Waals surface area contributed by atoms with Crippen LogP contribution in [0.5, 0.6) is 0 Å². The molecule has 0 aliphatic rings. The van der Waals surface area contributed by atoms with Crippen LogP contribution in [0.25, 0.3) is 0 Å². The van der Waals surface area contributed by atoms with Crippen molar-refractivity contribution in [3.63, 3.8) is 0 Å². The number of rotatable bonds is 5. The highest BCUT2D eigenvalue weighted by atomic mass is 16.2. The fourth-order valence-electron chi connectivity index (χ4n) is 2.47. The monoisotopic (exact) mass is 313 g/mol. The van der Waals surface area contributed by atoms with E-state index in [0.717, 1.165) is 12.1 Å². The Kier molecular flexibility index (Phi) is 5.26. The summed E-state index contributed by atoms with van der Waals surface area (Å²) in [4.78, 5) is 29.4. The smallest absolute Gasteiger partial charge is 0.257 e. The van der Waals surface area contributed by atoms with Crippen LogP contribution in [0.1, 0.15) is 41.1 Å². The molecule has 0 aromatic carbocycles. The number of amides is 1. The molecule has 1 unspecified atom stereocenters. The van der Waals surface area contributed by atoms with Crippen molar-refractivity contribution in [1.82, 2.24) is 19.9 Å². The number of aryl methyl sites for hydroxylation is 1. The summed E-state index contributed by atoms with van der Waals surface area (Å²) >= 11 is 0. The van der Waals surface area contributed by atoms with Crippen molar-refractivity contribution < 1.29 is 4.79 Å². The van der Waals surface area contributed by atoms with Gasteiger partial charge in [0.15, 0.2) is 0 Å². The first kappa shape index (κ1) is 16.9. The maximum absolute atomic E-state index is 12.8. The topological polar surface area (TPSA) is 62.2 Å². The number of nitrogens with zero attached hydrogens (tertiary/aromatic N) is 5. The van der Waals surface area contributed by atoms with Gasteiger partial charge in [0.1, 0.15) is 0 Å². The van der Waals surface area contributed by atoms with Crippen molar-refractivity contribution in [3.05, 3.63) is 47.5 Å². The Bertz CT molecular complexity index is 672. The first-order valence-corrected chi connectivity index (χ1v) is 7.64. The minimum absolute atomic E-state index is 0.0726. The second-order valence-electron chi connectivity index (χ2n) is 5.66. The molecule has 6 heteroatoms.